The molecule has 0 saturated carbocycles. The Morgan fingerprint density at radius 1 is 1.21 bits per heavy atom. The maximum atomic E-state index is 5.98. The molecule has 4 nitrogen and oxygen atoms in total. The fraction of sp³-hybridized carbons (Fsp3) is 0.385. The van der Waals surface area contributed by atoms with Crippen LogP contribution in [0, 0.1) is 0 Å². The first kappa shape index (κ1) is 14.3. The van der Waals surface area contributed by atoms with Gasteiger partial charge in [0.1, 0.15) is 0 Å². The quantitative estimate of drug-likeness (QED) is 0.934. The van der Waals surface area contributed by atoms with E-state index in [9.17, 15) is 0 Å². The molecule has 1 heterocycles. The highest BCUT2D eigenvalue weighted by Crippen LogP contribution is 2.28. The molecule has 0 aliphatic heterocycles. The predicted octanol–water partition coefficient (Wildman–Crippen LogP) is 3.75. The minimum Gasteiger partial charge on any atom is -0.339 e. The maximum Gasteiger partial charge on any atom is 0.231 e. The first-order chi connectivity index (χ1) is 9.02. The number of benzene rings is 1. The van der Waals surface area contributed by atoms with Crippen molar-refractivity contribution in [1.29, 1.82) is 0 Å². The zero-order valence-electron chi connectivity index (χ0n) is 10.9. The van der Waals surface area contributed by atoms with Crippen LogP contribution in [-0.2, 0) is 0 Å². The van der Waals surface area contributed by atoms with Crippen LogP contribution >= 0.6 is 23.2 Å². The average molecular weight is 300 g/mol. The number of rotatable bonds is 4. The fourth-order valence-corrected chi connectivity index (χ4v) is 1.93. The summed E-state index contributed by atoms with van der Waals surface area (Å²) in [6.07, 6.45) is 0. The van der Waals surface area contributed by atoms with Crippen molar-refractivity contribution in [2.24, 2.45) is 0 Å². The van der Waals surface area contributed by atoms with Crippen LogP contribution in [0.5, 0.6) is 0 Å². The zero-order chi connectivity index (χ0) is 14.0. The normalized spacial score (nSPS) is 14.4. The second-order valence-electron chi connectivity index (χ2n) is 4.45. The van der Waals surface area contributed by atoms with Gasteiger partial charge in [0.05, 0.1) is 16.0 Å². The third-order valence-electron chi connectivity index (χ3n) is 3.21. The highest BCUT2D eigenvalue weighted by molar-refractivity contribution is 6.42. The Morgan fingerprint density at radius 2 is 1.95 bits per heavy atom. The Morgan fingerprint density at radius 3 is 2.58 bits per heavy atom. The van der Waals surface area contributed by atoms with Crippen molar-refractivity contribution in [3.05, 3.63) is 34.1 Å². The molecule has 0 bridgehead atoms. The van der Waals surface area contributed by atoms with Crippen LogP contribution in [0.4, 0.5) is 0 Å². The van der Waals surface area contributed by atoms with Gasteiger partial charge in [-0.15, -0.1) is 0 Å². The highest BCUT2D eigenvalue weighted by Gasteiger charge is 2.20. The summed E-state index contributed by atoms with van der Waals surface area (Å²) < 4.78 is 5.30. The first-order valence-electron chi connectivity index (χ1n) is 5.99. The van der Waals surface area contributed by atoms with E-state index < -0.39 is 0 Å². The van der Waals surface area contributed by atoms with Gasteiger partial charge in [-0.1, -0.05) is 35.3 Å². The van der Waals surface area contributed by atoms with E-state index in [1.165, 1.54) is 0 Å². The van der Waals surface area contributed by atoms with E-state index in [2.05, 4.69) is 22.4 Å². The number of nitrogens with one attached hydrogen (secondary N) is 1. The largest absolute Gasteiger partial charge is 0.339 e. The highest BCUT2D eigenvalue weighted by atomic mass is 35.5. The summed E-state index contributed by atoms with van der Waals surface area (Å²) in [5.74, 6) is 1.25. The minimum absolute atomic E-state index is 0.133. The van der Waals surface area contributed by atoms with E-state index in [0.29, 0.717) is 21.8 Å². The van der Waals surface area contributed by atoms with Crippen LogP contribution in [-0.4, -0.2) is 23.2 Å². The molecule has 0 fully saturated rings. The molecule has 2 aromatic rings. The molecule has 0 saturated heterocycles. The minimum atomic E-state index is 0.133. The van der Waals surface area contributed by atoms with Gasteiger partial charge in [0.2, 0.25) is 11.7 Å². The molecule has 2 atom stereocenters. The van der Waals surface area contributed by atoms with Gasteiger partial charge < -0.3 is 9.84 Å². The number of likely N-dealkylation sites (N-methyl/N-ethyl adjacent to an activating group) is 1. The summed E-state index contributed by atoms with van der Waals surface area (Å²) in [5.41, 5.74) is 0.786. The smallest absolute Gasteiger partial charge is 0.231 e. The Bertz CT molecular complexity index is 571. The van der Waals surface area contributed by atoms with Gasteiger partial charge in [-0.25, -0.2) is 0 Å². The molecular weight excluding hydrogens is 285 g/mol. The van der Waals surface area contributed by atoms with Crippen molar-refractivity contribution in [3.8, 4) is 11.4 Å². The van der Waals surface area contributed by atoms with Crippen LogP contribution in [0.2, 0.25) is 10.0 Å². The van der Waals surface area contributed by atoms with Crippen LogP contribution in [0.1, 0.15) is 25.7 Å². The molecule has 1 N–H and O–H groups in total. The number of halogens is 2. The lowest BCUT2D eigenvalue weighted by atomic mass is 10.0. The maximum absolute atomic E-state index is 5.98. The van der Waals surface area contributed by atoms with E-state index in [1.54, 1.807) is 12.1 Å². The summed E-state index contributed by atoms with van der Waals surface area (Å²) in [6, 6.07) is 5.51. The Hall–Kier alpha value is -1.10. The second kappa shape index (κ2) is 5.90. The molecule has 0 amide bonds. The van der Waals surface area contributed by atoms with E-state index in [-0.39, 0.29) is 12.0 Å². The summed E-state index contributed by atoms with van der Waals surface area (Å²) >= 11 is 11.9. The van der Waals surface area contributed by atoms with E-state index in [1.807, 2.05) is 20.0 Å². The lowest BCUT2D eigenvalue weighted by Gasteiger charge is -2.14. The van der Waals surface area contributed by atoms with Crippen LogP contribution in [0.25, 0.3) is 11.4 Å². The molecule has 1 aromatic carbocycles. The number of hydrogen-bond acceptors (Lipinski definition) is 4. The molecule has 2 unspecified atom stereocenters. The number of nitrogens with zero attached hydrogens (tertiary/aromatic N) is 2. The predicted molar refractivity (Wildman–Crippen MR) is 76.7 cm³/mol. The van der Waals surface area contributed by atoms with Crippen molar-refractivity contribution in [2.45, 2.75) is 25.8 Å². The van der Waals surface area contributed by atoms with Crippen LogP contribution in [0.3, 0.4) is 0 Å². The van der Waals surface area contributed by atoms with Gasteiger partial charge in [-0.05, 0) is 32.2 Å². The summed E-state index contributed by atoms with van der Waals surface area (Å²) in [4.78, 5) is 4.40. The van der Waals surface area contributed by atoms with Crippen molar-refractivity contribution in [3.63, 3.8) is 0 Å². The number of hydrogen-bond donors (Lipinski definition) is 1. The zero-order valence-corrected chi connectivity index (χ0v) is 12.5. The second-order valence-corrected chi connectivity index (χ2v) is 5.27. The molecule has 102 valence electrons. The van der Waals surface area contributed by atoms with E-state index in [4.69, 9.17) is 27.7 Å². The molecule has 2 rings (SSSR count). The average Bonchev–Trinajstić information content (AvgIpc) is 2.89. The topological polar surface area (TPSA) is 51.0 Å². The van der Waals surface area contributed by atoms with Crippen LogP contribution < -0.4 is 5.32 Å². The fourth-order valence-electron chi connectivity index (χ4n) is 1.64. The van der Waals surface area contributed by atoms with Crippen molar-refractivity contribution >= 4 is 23.2 Å². The van der Waals surface area contributed by atoms with Gasteiger partial charge in [0, 0.05) is 11.6 Å². The molecule has 0 spiro atoms. The Labute approximate surface area is 122 Å². The Kier molecular flexibility index (Phi) is 4.45. The van der Waals surface area contributed by atoms with E-state index in [0.717, 1.165) is 5.56 Å². The van der Waals surface area contributed by atoms with Crippen molar-refractivity contribution in [2.75, 3.05) is 7.05 Å². The lowest BCUT2D eigenvalue weighted by molar-refractivity contribution is 0.336. The Balaban J connectivity index is 2.27. The standard InChI is InChI=1S/C13H15Cl2N3O/c1-7(8(2)16-3)13-17-12(18-19-13)9-4-5-10(14)11(15)6-9/h4-8,16H,1-3H3. The van der Waals surface area contributed by atoms with Gasteiger partial charge in [-0.2, -0.15) is 4.98 Å². The third-order valence-corrected chi connectivity index (χ3v) is 3.95. The molecule has 0 aliphatic rings. The molecule has 0 radical (unpaired) electrons. The summed E-state index contributed by atoms with van der Waals surface area (Å²) in [7, 11) is 1.90. The van der Waals surface area contributed by atoms with Gasteiger partial charge in [-0.3, -0.25) is 0 Å². The van der Waals surface area contributed by atoms with Crippen LogP contribution in [0.15, 0.2) is 22.7 Å². The first-order valence-corrected chi connectivity index (χ1v) is 6.74. The molecule has 0 aliphatic carbocycles. The van der Waals surface area contributed by atoms with Gasteiger partial charge >= 0.3 is 0 Å². The molecular formula is C13H15Cl2N3O. The van der Waals surface area contributed by atoms with E-state index >= 15 is 0 Å². The van der Waals surface area contributed by atoms with Gasteiger partial charge in [0.15, 0.2) is 0 Å². The number of aromatic nitrogens is 2. The lowest BCUT2D eigenvalue weighted by Crippen LogP contribution is -2.27. The summed E-state index contributed by atoms with van der Waals surface area (Å²) in [6.45, 7) is 4.10. The van der Waals surface area contributed by atoms with Gasteiger partial charge in [0.25, 0.3) is 0 Å². The monoisotopic (exact) mass is 299 g/mol. The van der Waals surface area contributed by atoms with Crippen molar-refractivity contribution in [1.82, 2.24) is 15.5 Å². The summed E-state index contributed by atoms with van der Waals surface area (Å²) in [5, 5.41) is 8.12. The molecule has 6 heteroatoms. The third kappa shape index (κ3) is 3.08. The SMILES string of the molecule is CNC(C)C(C)c1nc(-c2ccc(Cl)c(Cl)c2)no1. The molecule has 19 heavy (non-hydrogen) atoms. The molecule has 1 aromatic heterocycles. The van der Waals surface area contributed by atoms with Crippen molar-refractivity contribution < 1.29 is 4.52 Å².